The summed E-state index contributed by atoms with van der Waals surface area (Å²) in [6.45, 7) is 0. The highest BCUT2D eigenvalue weighted by Crippen LogP contribution is 2.14. The van der Waals surface area contributed by atoms with Crippen molar-refractivity contribution in [3.8, 4) is 0 Å². The molecule has 14 heavy (non-hydrogen) atoms. The van der Waals surface area contributed by atoms with Crippen LogP contribution in [-0.4, -0.2) is 34.0 Å². The van der Waals surface area contributed by atoms with E-state index in [9.17, 15) is 4.79 Å². The summed E-state index contributed by atoms with van der Waals surface area (Å²) in [6.07, 6.45) is 2.62. The minimum atomic E-state index is -0.254. The van der Waals surface area contributed by atoms with Crippen LogP contribution in [0.2, 0.25) is 0 Å². The van der Waals surface area contributed by atoms with Crippen LogP contribution in [0.15, 0.2) is 17.3 Å². The topological polar surface area (TPSA) is 74.8 Å². The maximum Gasteiger partial charge on any atom is 0.267 e. The summed E-state index contributed by atoms with van der Waals surface area (Å²) < 4.78 is 0. The standard InChI is InChI=1S/C8H9N5O/c1-13(2)8-6-7(10-4-11-8)9-3-5(14)12-6/h3-4H,1-2H3,(H,12,14). The van der Waals surface area contributed by atoms with Gasteiger partial charge in [-0.3, -0.25) is 4.79 Å². The molecule has 0 aromatic carbocycles. The van der Waals surface area contributed by atoms with Crippen LogP contribution < -0.4 is 10.5 Å². The molecule has 2 heterocycles. The van der Waals surface area contributed by atoms with Gasteiger partial charge in [0.2, 0.25) is 0 Å². The second-order valence-electron chi connectivity index (χ2n) is 3.04. The third-order valence-corrected chi connectivity index (χ3v) is 1.78. The number of nitrogens with one attached hydrogen (secondary N) is 1. The number of aromatic amines is 1. The Bertz CT molecular complexity index is 518. The molecule has 6 nitrogen and oxygen atoms in total. The highest BCUT2D eigenvalue weighted by molar-refractivity contribution is 5.81. The summed E-state index contributed by atoms with van der Waals surface area (Å²) in [5, 5.41) is 0. The Hall–Kier alpha value is -1.98. The van der Waals surface area contributed by atoms with Gasteiger partial charge in [-0.2, -0.15) is 0 Å². The van der Waals surface area contributed by atoms with E-state index in [4.69, 9.17) is 0 Å². The molecular formula is C8H9N5O. The molecule has 0 saturated heterocycles. The van der Waals surface area contributed by atoms with Crippen molar-refractivity contribution in [3.63, 3.8) is 0 Å². The lowest BCUT2D eigenvalue weighted by molar-refractivity contribution is 1.03. The van der Waals surface area contributed by atoms with Crippen molar-refractivity contribution in [2.24, 2.45) is 0 Å². The van der Waals surface area contributed by atoms with Crippen LogP contribution in [0.25, 0.3) is 11.2 Å². The zero-order chi connectivity index (χ0) is 10.1. The van der Waals surface area contributed by atoms with Crippen LogP contribution in [0.4, 0.5) is 5.82 Å². The third kappa shape index (κ3) is 1.30. The number of hydrogen-bond acceptors (Lipinski definition) is 5. The first-order valence-electron chi connectivity index (χ1n) is 4.06. The van der Waals surface area contributed by atoms with Gasteiger partial charge in [0.25, 0.3) is 5.56 Å². The lowest BCUT2D eigenvalue weighted by Crippen LogP contribution is -2.15. The Labute approximate surface area is 79.6 Å². The molecule has 0 atom stereocenters. The van der Waals surface area contributed by atoms with E-state index in [2.05, 4.69) is 19.9 Å². The molecule has 0 aliphatic rings. The van der Waals surface area contributed by atoms with Crippen molar-refractivity contribution in [2.45, 2.75) is 0 Å². The van der Waals surface area contributed by atoms with Crippen LogP contribution in [0, 0.1) is 0 Å². The van der Waals surface area contributed by atoms with Gasteiger partial charge in [-0.05, 0) is 0 Å². The molecule has 6 heteroatoms. The Morgan fingerprint density at radius 1 is 1.29 bits per heavy atom. The predicted molar refractivity (Wildman–Crippen MR) is 52.3 cm³/mol. The molecule has 2 aromatic rings. The number of fused-ring (bicyclic) bond motifs is 1. The lowest BCUT2D eigenvalue weighted by Gasteiger charge is -2.11. The fourth-order valence-electron chi connectivity index (χ4n) is 1.19. The van der Waals surface area contributed by atoms with E-state index in [1.54, 1.807) is 4.90 Å². The van der Waals surface area contributed by atoms with Crippen molar-refractivity contribution in [3.05, 3.63) is 22.9 Å². The number of rotatable bonds is 1. The zero-order valence-corrected chi connectivity index (χ0v) is 7.85. The molecule has 0 radical (unpaired) electrons. The second-order valence-corrected chi connectivity index (χ2v) is 3.04. The van der Waals surface area contributed by atoms with E-state index in [1.807, 2.05) is 14.1 Å². The summed E-state index contributed by atoms with van der Waals surface area (Å²) in [4.78, 5) is 27.4. The quantitative estimate of drug-likeness (QED) is 0.674. The molecule has 0 bridgehead atoms. The van der Waals surface area contributed by atoms with Crippen LogP contribution >= 0.6 is 0 Å². The number of nitrogens with zero attached hydrogens (tertiary/aromatic N) is 4. The average molecular weight is 191 g/mol. The van der Waals surface area contributed by atoms with E-state index in [-0.39, 0.29) is 5.56 Å². The summed E-state index contributed by atoms with van der Waals surface area (Å²) in [5.74, 6) is 0.653. The SMILES string of the molecule is CN(C)c1ncnc2ncc(=O)[nH]c12. The molecule has 72 valence electrons. The first-order chi connectivity index (χ1) is 6.68. The fourth-order valence-corrected chi connectivity index (χ4v) is 1.19. The average Bonchev–Trinajstić information content (AvgIpc) is 2.16. The first-order valence-corrected chi connectivity index (χ1v) is 4.06. The first kappa shape index (κ1) is 8.61. The molecule has 0 saturated carbocycles. The highest BCUT2D eigenvalue weighted by atomic mass is 16.1. The van der Waals surface area contributed by atoms with Gasteiger partial charge >= 0.3 is 0 Å². The Morgan fingerprint density at radius 2 is 2.07 bits per heavy atom. The molecule has 0 aliphatic carbocycles. The van der Waals surface area contributed by atoms with Gasteiger partial charge in [0, 0.05) is 14.1 Å². The van der Waals surface area contributed by atoms with Gasteiger partial charge in [-0.25, -0.2) is 15.0 Å². The summed E-state index contributed by atoms with van der Waals surface area (Å²) in [5.41, 5.74) is 0.795. The number of hydrogen-bond donors (Lipinski definition) is 1. The molecule has 0 fully saturated rings. The molecule has 2 rings (SSSR count). The highest BCUT2D eigenvalue weighted by Gasteiger charge is 2.06. The van der Waals surface area contributed by atoms with Gasteiger partial charge in [-0.15, -0.1) is 0 Å². The van der Waals surface area contributed by atoms with Gasteiger partial charge in [-0.1, -0.05) is 0 Å². The van der Waals surface area contributed by atoms with Crippen LogP contribution in [0.1, 0.15) is 0 Å². The van der Waals surface area contributed by atoms with E-state index in [0.717, 1.165) is 0 Å². The fraction of sp³-hybridized carbons (Fsp3) is 0.250. The smallest absolute Gasteiger partial charge is 0.267 e. The van der Waals surface area contributed by atoms with Crippen LogP contribution in [0.5, 0.6) is 0 Å². The van der Waals surface area contributed by atoms with E-state index in [0.29, 0.717) is 17.0 Å². The van der Waals surface area contributed by atoms with E-state index < -0.39 is 0 Å². The monoisotopic (exact) mass is 191 g/mol. The second kappa shape index (κ2) is 3.06. The maximum atomic E-state index is 11.1. The Balaban J connectivity index is 2.84. The van der Waals surface area contributed by atoms with E-state index >= 15 is 0 Å². The van der Waals surface area contributed by atoms with E-state index in [1.165, 1.54) is 12.5 Å². The molecule has 1 N–H and O–H groups in total. The minimum Gasteiger partial charge on any atom is -0.361 e. The van der Waals surface area contributed by atoms with Crippen molar-refractivity contribution in [1.29, 1.82) is 0 Å². The zero-order valence-electron chi connectivity index (χ0n) is 7.85. The van der Waals surface area contributed by atoms with Gasteiger partial charge < -0.3 is 9.88 Å². The number of H-pyrrole nitrogens is 1. The molecule has 0 spiro atoms. The number of aromatic nitrogens is 4. The van der Waals surface area contributed by atoms with Gasteiger partial charge in [0.15, 0.2) is 11.5 Å². The Kier molecular flexibility index (Phi) is 1.88. The lowest BCUT2D eigenvalue weighted by atomic mass is 10.4. The molecule has 0 aliphatic heterocycles. The van der Waals surface area contributed by atoms with Gasteiger partial charge in [0.1, 0.15) is 11.8 Å². The molecule has 2 aromatic heterocycles. The third-order valence-electron chi connectivity index (χ3n) is 1.78. The molecular weight excluding hydrogens is 182 g/mol. The minimum absolute atomic E-state index is 0.254. The van der Waals surface area contributed by atoms with Gasteiger partial charge in [0.05, 0.1) is 6.20 Å². The summed E-state index contributed by atoms with van der Waals surface area (Å²) in [6, 6.07) is 0. The largest absolute Gasteiger partial charge is 0.361 e. The van der Waals surface area contributed by atoms with Crippen LogP contribution in [0.3, 0.4) is 0 Å². The van der Waals surface area contributed by atoms with Crippen LogP contribution in [-0.2, 0) is 0 Å². The molecule has 0 amide bonds. The predicted octanol–water partition coefficient (Wildman–Crippen LogP) is -0.221. The molecule has 0 unspecified atom stereocenters. The number of anilines is 1. The maximum absolute atomic E-state index is 11.1. The normalized spacial score (nSPS) is 10.4. The Morgan fingerprint density at radius 3 is 2.79 bits per heavy atom. The van der Waals surface area contributed by atoms with Crippen molar-refractivity contribution in [1.82, 2.24) is 19.9 Å². The summed E-state index contributed by atoms with van der Waals surface area (Å²) in [7, 11) is 3.68. The van der Waals surface area contributed by atoms with Crippen molar-refractivity contribution in [2.75, 3.05) is 19.0 Å². The van der Waals surface area contributed by atoms with Crippen molar-refractivity contribution >= 4 is 17.0 Å². The van der Waals surface area contributed by atoms with Crippen molar-refractivity contribution < 1.29 is 0 Å². The summed E-state index contributed by atoms with van der Waals surface area (Å²) >= 11 is 0.